The molecule has 2 aromatic carbocycles. The number of aliphatic carboxylic acids is 3. The van der Waals surface area contributed by atoms with E-state index in [0.717, 1.165) is 62.4 Å². The number of carbonyl (C=O) groups is 4. The van der Waals surface area contributed by atoms with Gasteiger partial charge in [-0.25, -0.2) is 4.79 Å². The predicted octanol–water partition coefficient (Wildman–Crippen LogP) is 2.51. The number of nitrogens with zero attached hydrogens (tertiary/aromatic N) is 3. The van der Waals surface area contributed by atoms with Crippen LogP contribution in [0.5, 0.6) is 5.75 Å². The lowest BCUT2D eigenvalue weighted by Gasteiger charge is -2.39. The highest BCUT2D eigenvalue weighted by atomic mass is 16.5. The third kappa shape index (κ3) is 8.22. The Labute approximate surface area is 266 Å². The van der Waals surface area contributed by atoms with Gasteiger partial charge >= 0.3 is 17.9 Å². The number of carboxylic acid groups (broad SMARTS) is 3. The molecule has 2 fully saturated rings. The monoisotopic (exact) mass is 639 g/mol. The normalized spacial score (nSPS) is 16.5. The maximum Gasteiger partial charge on any atom is 0.336 e. The van der Waals surface area contributed by atoms with Crippen LogP contribution in [0.1, 0.15) is 49.7 Å². The van der Waals surface area contributed by atoms with Gasteiger partial charge in [-0.3, -0.25) is 19.3 Å². The zero-order chi connectivity index (χ0) is 33.5. The first-order chi connectivity index (χ1) is 21.8. The fourth-order valence-electron chi connectivity index (χ4n) is 6.13. The fourth-order valence-corrected chi connectivity index (χ4v) is 6.13. The Balaban J connectivity index is 0.000000315. The number of aromatic nitrogens is 1. The first-order valence-corrected chi connectivity index (χ1v) is 15.2. The van der Waals surface area contributed by atoms with Crippen molar-refractivity contribution in [2.45, 2.75) is 62.8 Å². The lowest BCUT2D eigenvalue weighted by molar-refractivity contribution is -0.170. The van der Waals surface area contributed by atoms with E-state index < -0.39 is 42.0 Å². The molecular weight excluding hydrogens is 598 g/mol. The van der Waals surface area contributed by atoms with Gasteiger partial charge in [0, 0.05) is 55.4 Å². The van der Waals surface area contributed by atoms with Crippen LogP contribution in [-0.2, 0) is 37.9 Å². The number of likely N-dealkylation sites (tertiary alicyclic amines) is 2. The summed E-state index contributed by atoms with van der Waals surface area (Å²) in [6.45, 7) is 4.59. The van der Waals surface area contributed by atoms with Crippen molar-refractivity contribution >= 4 is 34.7 Å². The van der Waals surface area contributed by atoms with E-state index in [0.29, 0.717) is 19.4 Å². The molecule has 0 radical (unpaired) electrons. The summed E-state index contributed by atoms with van der Waals surface area (Å²) in [5, 5.41) is 46.4. The minimum atomic E-state index is -2.74. The number of rotatable bonds is 11. The van der Waals surface area contributed by atoms with Gasteiger partial charge in [-0.1, -0.05) is 36.4 Å². The number of para-hydroxylation sites is 2. The number of hydrogen-bond donors (Lipinski definition) is 5. The van der Waals surface area contributed by atoms with Crippen molar-refractivity contribution in [1.82, 2.24) is 14.4 Å². The van der Waals surface area contributed by atoms with Crippen molar-refractivity contribution in [2.24, 2.45) is 0 Å². The summed E-state index contributed by atoms with van der Waals surface area (Å²) in [4.78, 5) is 47.6. The highest BCUT2D eigenvalue weighted by Gasteiger charge is 2.41. The fraction of sp³-hybridized carbons (Fsp3) is 0.455. The zero-order valence-electron chi connectivity index (χ0n) is 25.8. The van der Waals surface area contributed by atoms with Gasteiger partial charge in [-0.2, -0.15) is 0 Å². The van der Waals surface area contributed by atoms with Gasteiger partial charge in [0.25, 0.3) is 0 Å². The van der Waals surface area contributed by atoms with E-state index in [1.807, 2.05) is 35.2 Å². The Kier molecular flexibility index (Phi) is 11.0. The molecule has 5 N–H and O–H groups in total. The van der Waals surface area contributed by atoms with Gasteiger partial charge in [0.2, 0.25) is 5.91 Å². The number of benzene rings is 2. The number of aliphatic hydroxyl groups is 2. The Morgan fingerprint density at radius 1 is 0.870 bits per heavy atom. The Bertz CT molecular complexity index is 1540. The van der Waals surface area contributed by atoms with E-state index in [-0.39, 0.29) is 5.91 Å². The number of carboxylic acids is 3. The Morgan fingerprint density at radius 3 is 2.04 bits per heavy atom. The summed E-state index contributed by atoms with van der Waals surface area (Å²) in [6.07, 6.45) is 3.42. The first-order valence-electron chi connectivity index (χ1n) is 15.2. The van der Waals surface area contributed by atoms with Gasteiger partial charge in [0.15, 0.2) is 5.60 Å². The van der Waals surface area contributed by atoms with Crippen LogP contribution in [0.2, 0.25) is 0 Å². The number of amides is 1. The highest BCUT2D eigenvalue weighted by molar-refractivity contribution is 5.88. The molecule has 0 saturated carbocycles. The Morgan fingerprint density at radius 2 is 1.46 bits per heavy atom. The number of ether oxygens (including phenoxy) is 1. The average Bonchev–Trinajstić information content (AvgIpc) is 3.67. The SMILES string of the molecule is COc1ccccc1C1(O)CCN(Cc2cn(CC(=O)N3CCCC3)c3ccccc23)CC1.O=C(O)CC(O)(CC(=O)O)C(=O)O. The molecule has 3 heterocycles. The standard InChI is InChI=1S/C27H33N3O3.C6H8O7/c1-33-25-11-5-3-9-23(25)27(32)12-16-28(17-13-27)18-21-19-30(24-10-4-2-8-22(21)24)20-26(31)29-14-6-7-15-29;7-3(8)1-6(13,5(11)12)2-4(9)10/h2-5,8-11,19,32H,6-7,12-18,20H2,1H3;13H,1-2H2,(H,7,8)(H,9,10)(H,11,12). The minimum Gasteiger partial charge on any atom is -0.496 e. The summed E-state index contributed by atoms with van der Waals surface area (Å²) in [5.41, 5.74) is -0.369. The maximum atomic E-state index is 12.8. The molecule has 13 heteroatoms. The van der Waals surface area contributed by atoms with Crippen LogP contribution in [0.15, 0.2) is 54.7 Å². The predicted molar refractivity (Wildman–Crippen MR) is 166 cm³/mol. The molecule has 0 bridgehead atoms. The molecule has 2 aliphatic heterocycles. The second-order valence-corrected chi connectivity index (χ2v) is 11.9. The topological polar surface area (TPSA) is 190 Å². The largest absolute Gasteiger partial charge is 0.496 e. The van der Waals surface area contributed by atoms with Crippen LogP contribution in [-0.4, -0.2) is 103 Å². The average molecular weight is 640 g/mol. The van der Waals surface area contributed by atoms with E-state index in [2.05, 4.69) is 33.9 Å². The molecule has 2 saturated heterocycles. The lowest BCUT2D eigenvalue weighted by atomic mass is 9.84. The van der Waals surface area contributed by atoms with E-state index >= 15 is 0 Å². The summed E-state index contributed by atoms with van der Waals surface area (Å²) in [7, 11) is 1.65. The smallest absolute Gasteiger partial charge is 0.336 e. The zero-order valence-corrected chi connectivity index (χ0v) is 25.8. The second-order valence-electron chi connectivity index (χ2n) is 11.9. The molecule has 0 unspecified atom stereocenters. The molecule has 1 amide bonds. The number of fused-ring (bicyclic) bond motifs is 1. The molecule has 5 rings (SSSR count). The molecule has 2 aliphatic rings. The van der Waals surface area contributed by atoms with Crippen molar-refractivity contribution in [2.75, 3.05) is 33.3 Å². The molecule has 0 spiro atoms. The van der Waals surface area contributed by atoms with Crippen LogP contribution >= 0.6 is 0 Å². The first kappa shape index (κ1) is 34.4. The van der Waals surface area contributed by atoms with Crippen LogP contribution in [0.4, 0.5) is 0 Å². The number of hydrogen-bond acceptors (Lipinski definition) is 8. The van der Waals surface area contributed by atoms with E-state index in [4.69, 9.17) is 25.2 Å². The van der Waals surface area contributed by atoms with Crippen LogP contribution < -0.4 is 4.74 Å². The highest BCUT2D eigenvalue weighted by Crippen LogP contribution is 2.38. The van der Waals surface area contributed by atoms with Crippen molar-refractivity contribution in [3.63, 3.8) is 0 Å². The third-order valence-corrected chi connectivity index (χ3v) is 8.61. The number of carbonyl (C=O) groups excluding carboxylic acids is 1. The van der Waals surface area contributed by atoms with Crippen molar-refractivity contribution in [1.29, 1.82) is 0 Å². The molecule has 0 aliphatic carbocycles. The van der Waals surface area contributed by atoms with Gasteiger partial charge in [0.1, 0.15) is 12.3 Å². The summed E-state index contributed by atoms with van der Waals surface area (Å²) in [5.74, 6) is -4.06. The summed E-state index contributed by atoms with van der Waals surface area (Å²) < 4.78 is 7.61. The number of piperidine rings is 1. The van der Waals surface area contributed by atoms with Crippen LogP contribution in [0, 0.1) is 0 Å². The second kappa shape index (κ2) is 14.8. The summed E-state index contributed by atoms with van der Waals surface area (Å²) in [6, 6.07) is 16.1. The third-order valence-electron chi connectivity index (χ3n) is 8.61. The molecule has 3 aromatic rings. The van der Waals surface area contributed by atoms with Crippen molar-refractivity contribution in [3.05, 3.63) is 65.9 Å². The quantitative estimate of drug-likeness (QED) is 0.207. The molecule has 46 heavy (non-hydrogen) atoms. The molecule has 248 valence electrons. The van der Waals surface area contributed by atoms with E-state index in [1.54, 1.807) is 7.11 Å². The minimum absolute atomic E-state index is 0.208. The maximum absolute atomic E-state index is 12.8. The lowest BCUT2D eigenvalue weighted by Crippen LogP contribution is -2.42. The van der Waals surface area contributed by atoms with Crippen molar-refractivity contribution < 1.29 is 49.4 Å². The number of methoxy groups -OCH3 is 1. The van der Waals surface area contributed by atoms with Gasteiger partial charge in [-0.15, -0.1) is 0 Å². The molecular formula is C33H41N3O10. The molecule has 0 atom stereocenters. The van der Waals surface area contributed by atoms with Gasteiger partial charge < -0.3 is 39.7 Å². The van der Waals surface area contributed by atoms with E-state index in [1.165, 1.54) is 10.9 Å². The summed E-state index contributed by atoms with van der Waals surface area (Å²) >= 11 is 0. The van der Waals surface area contributed by atoms with E-state index in [9.17, 15) is 24.3 Å². The van der Waals surface area contributed by atoms with Crippen LogP contribution in [0.25, 0.3) is 10.9 Å². The van der Waals surface area contributed by atoms with Gasteiger partial charge in [-0.05, 0) is 43.4 Å². The Hall–Kier alpha value is -4.46. The van der Waals surface area contributed by atoms with Gasteiger partial charge in [0.05, 0.1) is 25.6 Å². The molecule has 1 aromatic heterocycles. The molecule has 13 nitrogen and oxygen atoms in total. The van der Waals surface area contributed by atoms with Crippen molar-refractivity contribution in [3.8, 4) is 5.75 Å². The van der Waals surface area contributed by atoms with Crippen LogP contribution in [0.3, 0.4) is 0 Å².